The molecule has 7 nitrogen and oxygen atoms in total. The molecule has 31 heavy (non-hydrogen) atoms. The summed E-state index contributed by atoms with van der Waals surface area (Å²) in [6.07, 6.45) is 3.14. The number of anilines is 1. The van der Waals surface area contributed by atoms with Crippen molar-refractivity contribution in [3.05, 3.63) is 90.5 Å². The number of aromatic nitrogens is 1. The summed E-state index contributed by atoms with van der Waals surface area (Å²) in [6.45, 7) is 1.45. The van der Waals surface area contributed by atoms with Crippen molar-refractivity contribution in [3.63, 3.8) is 0 Å². The van der Waals surface area contributed by atoms with E-state index in [1.165, 1.54) is 18.4 Å². The summed E-state index contributed by atoms with van der Waals surface area (Å²) in [4.78, 5) is 17.3. The van der Waals surface area contributed by atoms with Crippen LogP contribution in [0, 0.1) is 6.92 Å². The molecule has 2 aromatic heterocycles. The van der Waals surface area contributed by atoms with Crippen molar-refractivity contribution in [2.75, 3.05) is 11.9 Å². The molecular weight excluding hydrogens is 414 g/mol. The van der Waals surface area contributed by atoms with Gasteiger partial charge in [-0.15, -0.1) is 0 Å². The minimum absolute atomic E-state index is 0.0618. The zero-order valence-corrected chi connectivity index (χ0v) is 17.7. The second-order valence-electron chi connectivity index (χ2n) is 7.09. The number of hydrogen-bond acceptors (Lipinski definition) is 5. The number of pyridine rings is 1. The molecule has 0 aliphatic carbocycles. The molecule has 2 heterocycles. The predicted octanol–water partition coefficient (Wildman–Crippen LogP) is 3.97. The number of hydrogen-bond donors (Lipinski definition) is 1. The number of benzene rings is 2. The summed E-state index contributed by atoms with van der Waals surface area (Å²) < 4.78 is 33.0. The Morgan fingerprint density at radius 2 is 1.84 bits per heavy atom. The Morgan fingerprint density at radius 3 is 2.58 bits per heavy atom. The van der Waals surface area contributed by atoms with Gasteiger partial charge in [-0.25, -0.2) is 8.42 Å². The minimum atomic E-state index is -3.92. The zero-order chi connectivity index (χ0) is 21.8. The molecule has 0 saturated heterocycles. The van der Waals surface area contributed by atoms with Gasteiger partial charge in [0.1, 0.15) is 5.76 Å². The SMILES string of the molecule is Cc1ccc(S(=O)(=O)N(CC(=O)Nc2cccc3ncccc23)Cc2ccco2)cc1. The number of aryl methyl sites for hydroxylation is 1. The Kier molecular flexibility index (Phi) is 5.83. The van der Waals surface area contributed by atoms with E-state index in [-0.39, 0.29) is 18.0 Å². The lowest BCUT2D eigenvalue weighted by molar-refractivity contribution is -0.116. The van der Waals surface area contributed by atoms with E-state index in [0.29, 0.717) is 11.4 Å². The van der Waals surface area contributed by atoms with Crippen LogP contribution in [0.5, 0.6) is 0 Å². The fraction of sp³-hybridized carbons (Fsp3) is 0.130. The Balaban J connectivity index is 1.61. The van der Waals surface area contributed by atoms with Gasteiger partial charge in [-0.1, -0.05) is 23.8 Å². The van der Waals surface area contributed by atoms with Crippen LogP contribution in [0.4, 0.5) is 5.69 Å². The van der Waals surface area contributed by atoms with Crippen LogP contribution >= 0.6 is 0 Å². The first-order valence-corrected chi connectivity index (χ1v) is 11.1. The molecule has 0 saturated carbocycles. The maximum atomic E-state index is 13.3. The number of furan rings is 1. The minimum Gasteiger partial charge on any atom is -0.468 e. The van der Waals surface area contributed by atoms with Crippen LogP contribution in [0.3, 0.4) is 0 Å². The number of sulfonamides is 1. The van der Waals surface area contributed by atoms with Gasteiger partial charge >= 0.3 is 0 Å². The third-order valence-corrected chi connectivity index (χ3v) is 6.62. The number of rotatable bonds is 7. The van der Waals surface area contributed by atoms with E-state index in [4.69, 9.17) is 4.42 Å². The summed E-state index contributed by atoms with van der Waals surface area (Å²) in [5.74, 6) is -0.0172. The van der Waals surface area contributed by atoms with Gasteiger partial charge in [0.25, 0.3) is 0 Å². The highest BCUT2D eigenvalue weighted by Gasteiger charge is 2.28. The normalized spacial score (nSPS) is 11.7. The lowest BCUT2D eigenvalue weighted by Crippen LogP contribution is -2.37. The third-order valence-electron chi connectivity index (χ3n) is 4.81. The standard InChI is InChI=1S/C23H21N3O4S/c1-17-9-11-19(12-10-17)31(28,29)26(15-18-5-4-14-30-18)16-23(27)25-22-8-2-7-21-20(22)6-3-13-24-21/h2-14H,15-16H2,1H3,(H,25,27). The molecule has 0 radical (unpaired) electrons. The highest BCUT2D eigenvalue weighted by molar-refractivity contribution is 7.89. The molecule has 2 aromatic carbocycles. The fourth-order valence-corrected chi connectivity index (χ4v) is 4.59. The smallest absolute Gasteiger partial charge is 0.243 e. The first kappa shape index (κ1) is 20.8. The summed E-state index contributed by atoms with van der Waals surface area (Å²) in [6, 6.07) is 18.9. The second kappa shape index (κ2) is 8.71. The average Bonchev–Trinajstić information content (AvgIpc) is 3.27. The van der Waals surface area contributed by atoms with Crippen molar-refractivity contribution in [2.24, 2.45) is 0 Å². The molecule has 4 rings (SSSR count). The molecule has 0 unspecified atom stereocenters. The van der Waals surface area contributed by atoms with E-state index in [0.717, 1.165) is 20.8 Å². The van der Waals surface area contributed by atoms with Gasteiger partial charge in [0.15, 0.2) is 0 Å². The molecule has 4 aromatic rings. The first-order chi connectivity index (χ1) is 14.9. The molecule has 0 aliphatic rings. The van der Waals surface area contributed by atoms with Gasteiger partial charge in [-0.05, 0) is 55.5 Å². The van der Waals surface area contributed by atoms with Crippen LogP contribution in [0.2, 0.25) is 0 Å². The van der Waals surface area contributed by atoms with Gasteiger partial charge in [-0.2, -0.15) is 4.31 Å². The zero-order valence-electron chi connectivity index (χ0n) is 16.9. The molecule has 0 spiro atoms. The van der Waals surface area contributed by atoms with Gasteiger partial charge in [-0.3, -0.25) is 9.78 Å². The van der Waals surface area contributed by atoms with Crippen molar-refractivity contribution in [3.8, 4) is 0 Å². The topological polar surface area (TPSA) is 92.5 Å². The first-order valence-electron chi connectivity index (χ1n) is 9.66. The molecule has 0 bridgehead atoms. The van der Waals surface area contributed by atoms with Crippen molar-refractivity contribution >= 4 is 32.5 Å². The largest absolute Gasteiger partial charge is 0.468 e. The maximum absolute atomic E-state index is 13.3. The van der Waals surface area contributed by atoms with Gasteiger partial charge in [0.05, 0.1) is 35.5 Å². The molecule has 1 N–H and O–H groups in total. The summed E-state index contributed by atoms with van der Waals surface area (Å²) in [5.41, 5.74) is 2.25. The van der Waals surface area contributed by atoms with Gasteiger partial charge in [0, 0.05) is 11.6 Å². The van der Waals surface area contributed by atoms with Crippen molar-refractivity contribution in [1.82, 2.24) is 9.29 Å². The van der Waals surface area contributed by atoms with Crippen molar-refractivity contribution in [2.45, 2.75) is 18.4 Å². The van der Waals surface area contributed by atoms with Crippen LogP contribution in [-0.4, -0.2) is 30.2 Å². The van der Waals surface area contributed by atoms with E-state index in [1.807, 2.05) is 19.1 Å². The van der Waals surface area contributed by atoms with Crippen LogP contribution < -0.4 is 5.32 Å². The van der Waals surface area contributed by atoms with Crippen LogP contribution in [-0.2, 0) is 21.4 Å². The van der Waals surface area contributed by atoms with E-state index in [1.54, 1.807) is 48.7 Å². The summed E-state index contributed by atoms with van der Waals surface area (Å²) >= 11 is 0. The third kappa shape index (κ3) is 4.65. The Labute approximate surface area is 180 Å². The Morgan fingerprint density at radius 1 is 1.03 bits per heavy atom. The van der Waals surface area contributed by atoms with Crippen LogP contribution in [0.1, 0.15) is 11.3 Å². The second-order valence-corrected chi connectivity index (χ2v) is 9.03. The lowest BCUT2D eigenvalue weighted by atomic mass is 10.2. The van der Waals surface area contributed by atoms with Crippen LogP contribution in [0.25, 0.3) is 10.9 Å². The van der Waals surface area contributed by atoms with Crippen molar-refractivity contribution < 1.29 is 17.6 Å². The number of carbonyl (C=O) groups is 1. The molecule has 0 atom stereocenters. The van der Waals surface area contributed by atoms with E-state index in [9.17, 15) is 13.2 Å². The quantitative estimate of drug-likeness (QED) is 0.474. The molecule has 0 fully saturated rings. The summed E-state index contributed by atoms with van der Waals surface area (Å²) in [7, 11) is -3.92. The number of fused-ring (bicyclic) bond motifs is 1. The number of amides is 1. The number of nitrogens with zero attached hydrogens (tertiary/aromatic N) is 2. The maximum Gasteiger partial charge on any atom is 0.243 e. The van der Waals surface area contributed by atoms with Crippen LogP contribution in [0.15, 0.2) is 88.5 Å². The van der Waals surface area contributed by atoms with E-state index in [2.05, 4.69) is 10.3 Å². The van der Waals surface area contributed by atoms with E-state index < -0.39 is 15.9 Å². The predicted molar refractivity (Wildman–Crippen MR) is 118 cm³/mol. The van der Waals surface area contributed by atoms with Gasteiger partial charge < -0.3 is 9.73 Å². The molecule has 8 heteroatoms. The molecular formula is C23H21N3O4S. The molecule has 1 amide bonds. The number of nitrogens with one attached hydrogen (secondary N) is 1. The highest BCUT2D eigenvalue weighted by Crippen LogP contribution is 2.23. The lowest BCUT2D eigenvalue weighted by Gasteiger charge is -2.21. The highest BCUT2D eigenvalue weighted by atomic mass is 32.2. The monoisotopic (exact) mass is 435 g/mol. The Bertz CT molecular complexity index is 1300. The van der Waals surface area contributed by atoms with Crippen molar-refractivity contribution in [1.29, 1.82) is 0 Å². The number of carbonyl (C=O) groups excluding carboxylic acids is 1. The molecule has 158 valence electrons. The fourth-order valence-electron chi connectivity index (χ4n) is 3.22. The summed E-state index contributed by atoms with van der Waals surface area (Å²) in [5, 5.41) is 3.59. The average molecular weight is 436 g/mol. The molecule has 0 aliphatic heterocycles. The van der Waals surface area contributed by atoms with Gasteiger partial charge in [0.2, 0.25) is 15.9 Å². The van der Waals surface area contributed by atoms with E-state index >= 15 is 0 Å². The Hall–Kier alpha value is -3.49.